The van der Waals surface area contributed by atoms with Crippen LogP contribution in [0.1, 0.15) is 111 Å². The van der Waals surface area contributed by atoms with Gasteiger partial charge in [-0.2, -0.15) is 23.5 Å². The van der Waals surface area contributed by atoms with Gasteiger partial charge in [0, 0.05) is 36.2 Å². The zero-order chi connectivity index (χ0) is 20.3. The number of hydrogen-bond acceptors (Lipinski definition) is 4. The molecule has 0 aliphatic carbocycles. The number of carbonyl (C=O) groups is 2. The highest BCUT2D eigenvalue weighted by atomic mass is 32.2. The van der Waals surface area contributed by atoms with Gasteiger partial charge in [-0.05, 0) is 37.2 Å². The summed E-state index contributed by atoms with van der Waals surface area (Å²) in [5.74, 6) is 3.26. The van der Waals surface area contributed by atoms with Crippen LogP contribution in [0.3, 0.4) is 0 Å². The Bertz CT molecular complexity index is 337. The fourth-order valence-electron chi connectivity index (χ4n) is 3.01. The van der Waals surface area contributed by atoms with Crippen LogP contribution in [-0.4, -0.2) is 33.6 Å². The van der Waals surface area contributed by atoms with Crippen LogP contribution in [-0.2, 0) is 9.59 Å². The van der Waals surface area contributed by atoms with Crippen LogP contribution < -0.4 is 0 Å². The van der Waals surface area contributed by atoms with Crippen molar-refractivity contribution in [2.45, 2.75) is 122 Å². The first kappa shape index (κ1) is 27.0. The lowest BCUT2D eigenvalue weighted by atomic mass is 10.1. The minimum Gasteiger partial charge on any atom is -0.300 e. The van der Waals surface area contributed by atoms with Crippen molar-refractivity contribution in [3.05, 3.63) is 0 Å². The third-order valence-corrected chi connectivity index (χ3v) is 7.26. The topological polar surface area (TPSA) is 34.1 Å². The van der Waals surface area contributed by atoms with Crippen LogP contribution in [0.25, 0.3) is 0 Å². The number of hydrogen-bond donors (Lipinski definition) is 0. The van der Waals surface area contributed by atoms with Crippen molar-refractivity contribution in [1.29, 1.82) is 0 Å². The van der Waals surface area contributed by atoms with Crippen LogP contribution in [0.2, 0.25) is 0 Å². The molecule has 27 heavy (non-hydrogen) atoms. The SMILES string of the molecule is CCCCC(=O)CC(C)SCCCCCCCSC(C)CC(=O)CCCC. The van der Waals surface area contributed by atoms with Crippen molar-refractivity contribution in [2.24, 2.45) is 0 Å². The van der Waals surface area contributed by atoms with Crippen molar-refractivity contribution in [1.82, 2.24) is 0 Å². The van der Waals surface area contributed by atoms with E-state index >= 15 is 0 Å². The maximum absolute atomic E-state index is 11.8. The van der Waals surface area contributed by atoms with Gasteiger partial charge in [-0.15, -0.1) is 0 Å². The molecular weight excluding hydrogens is 372 g/mol. The van der Waals surface area contributed by atoms with Gasteiger partial charge in [-0.1, -0.05) is 59.8 Å². The first-order valence-corrected chi connectivity index (χ1v) is 13.4. The van der Waals surface area contributed by atoms with Crippen molar-refractivity contribution in [3.8, 4) is 0 Å². The van der Waals surface area contributed by atoms with E-state index in [1.165, 1.54) is 43.6 Å². The lowest BCUT2D eigenvalue weighted by Crippen LogP contribution is -2.07. The molecule has 0 N–H and O–H groups in total. The van der Waals surface area contributed by atoms with E-state index in [0.717, 1.165) is 51.4 Å². The summed E-state index contributed by atoms with van der Waals surface area (Å²) >= 11 is 3.93. The summed E-state index contributed by atoms with van der Waals surface area (Å²) in [6, 6.07) is 0. The second kappa shape index (κ2) is 19.4. The minimum absolute atomic E-state index is 0.440. The highest BCUT2D eigenvalue weighted by Gasteiger charge is 2.10. The molecule has 4 heteroatoms. The molecule has 0 spiro atoms. The Kier molecular flexibility index (Phi) is 19.4. The quantitative estimate of drug-likeness (QED) is 0.193. The molecule has 0 aliphatic heterocycles. The van der Waals surface area contributed by atoms with Gasteiger partial charge in [0.1, 0.15) is 11.6 Å². The molecule has 0 radical (unpaired) electrons. The molecule has 0 aromatic carbocycles. The van der Waals surface area contributed by atoms with E-state index in [-0.39, 0.29) is 0 Å². The van der Waals surface area contributed by atoms with E-state index < -0.39 is 0 Å². The summed E-state index contributed by atoms with van der Waals surface area (Å²) in [6.07, 6.45) is 13.8. The first-order chi connectivity index (χ1) is 13.0. The van der Waals surface area contributed by atoms with Gasteiger partial charge >= 0.3 is 0 Å². The largest absolute Gasteiger partial charge is 0.300 e. The molecule has 0 bridgehead atoms. The summed E-state index contributed by atoms with van der Waals surface area (Å²) in [7, 11) is 0. The third kappa shape index (κ3) is 19.1. The first-order valence-electron chi connectivity index (χ1n) is 11.3. The van der Waals surface area contributed by atoms with Crippen LogP contribution in [0, 0.1) is 0 Å². The Morgan fingerprint density at radius 2 is 1.00 bits per heavy atom. The average molecular weight is 417 g/mol. The van der Waals surface area contributed by atoms with E-state index in [9.17, 15) is 9.59 Å². The molecule has 0 saturated carbocycles. The van der Waals surface area contributed by atoms with Gasteiger partial charge in [0.2, 0.25) is 0 Å². The van der Waals surface area contributed by atoms with Crippen molar-refractivity contribution in [2.75, 3.05) is 11.5 Å². The highest BCUT2D eigenvalue weighted by Crippen LogP contribution is 2.20. The molecule has 2 atom stereocenters. The zero-order valence-corrected chi connectivity index (χ0v) is 20.0. The van der Waals surface area contributed by atoms with Crippen LogP contribution in [0.5, 0.6) is 0 Å². The number of Topliss-reactive ketones (excluding diaryl/α,β-unsaturated/α-hetero) is 2. The number of rotatable bonds is 20. The van der Waals surface area contributed by atoms with Gasteiger partial charge in [0.05, 0.1) is 0 Å². The zero-order valence-electron chi connectivity index (χ0n) is 18.4. The molecule has 0 fully saturated rings. The molecule has 0 aromatic rings. The van der Waals surface area contributed by atoms with Gasteiger partial charge in [0.15, 0.2) is 0 Å². The van der Waals surface area contributed by atoms with Gasteiger partial charge in [-0.3, -0.25) is 9.59 Å². The van der Waals surface area contributed by atoms with E-state index in [0.29, 0.717) is 22.1 Å². The minimum atomic E-state index is 0.440. The predicted molar refractivity (Wildman–Crippen MR) is 125 cm³/mol. The molecule has 0 heterocycles. The van der Waals surface area contributed by atoms with Crippen molar-refractivity contribution >= 4 is 35.1 Å². The summed E-state index contributed by atoms with van der Waals surface area (Å²) in [4.78, 5) is 23.5. The fraction of sp³-hybridized carbons (Fsp3) is 0.913. The Morgan fingerprint density at radius 1 is 0.630 bits per heavy atom. The summed E-state index contributed by atoms with van der Waals surface area (Å²) in [5, 5.41) is 0.958. The van der Waals surface area contributed by atoms with E-state index in [2.05, 4.69) is 27.7 Å². The van der Waals surface area contributed by atoms with Gasteiger partial charge in [0.25, 0.3) is 0 Å². The number of unbranched alkanes of at least 4 members (excludes halogenated alkanes) is 6. The molecule has 0 amide bonds. The summed E-state index contributed by atoms with van der Waals surface area (Å²) in [6.45, 7) is 8.67. The second-order valence-corrected chi connectivity index (χ2v) is 10.9. The summed E-state index contributed by atoms with van der Waals surface area (Å²) < 4.78 is 0. The molecule has 0 aliphatic rings. The van der Waals surface area contributed by atoms with Crippen molar-refractivity contribution in [3.63, 3.8) is 0 Å². The molecule has 0 rings (SSSR count). The third-order valence-electron chi connectivity index (χ3n) is 4.74. The lowest BCUT2D eigenvalue weighted by Gasteiger charge is -2.11. The Labute approximate surface area is 177 Å². The summed E-state index contributed by atoms with van der Waals surface area (Å²) in [5.41, 5.74) is 0. The van der Waals surface area contributed by atoms with Gasteiger partial charge in [-0.25, -0.2) is 0 Å². The molecular formula is C23H44O2S2. The maximum Gasteiger partial charge on any atom is 0.134 e. The standard InChI is InChI=1S/C23H44O2S2/c1-5-7-14-22(24)18-20(3)26-16-12-10-9-11-13-17-27-21(4)19-23(25)15-8-6-2/h20-21H,5-19H2,1-4H3. The van der Waals surface area contributed by atoms with Gasteiger partial charge < -0.3 is 0 Å². The number of thioether (sulfide) groups is 2. The van der Waals surface area contributed by atoms with Crippen LogP contribution >= 0.6 is 23.5 Å². The average Bonchev–Trinajstić information content (AvgIpc) is 2.63. The molecule has 2 unspecified atom stereocenters. The van der Waals surface area contributed by atoms with Crippen LogP contribution in [0.15, 0.2) is 0 Å². The lowest BCUT2D eigenvalue weighted by molar-refractivity contribution is -0.119. The fourth-order valence-corrected chi connectivity index (χ4v) is 5.17. The van der Waals surface area contributed by atoms with Crippen LogP contribution in [0.4, 0.5) is 0 Å². The molecule has 2 nitrogen and oxygen atoms in total. The van der Waals surface area contributed by atoms with E-state index in [1.807, 2.05) is 23.5 Å². The monoisotopic (exact) mass is 416 g/mol. The van der Waals surface area contributed by atoms with E-state index in [4.69, 9.17) is 0 Å². The Morgan fingerprint density at radius 3 is 1.37 bits per heavy atom. The smallest absolute Gasteiger partial charge is 0.134 e. The van der Waals surface area contributed by atoms with E-state index in [1.54, 1.807) is 0 Å². The Hall–Kier alpha value is 0.0400. The molecule has 160 valence electrons. The predicted octanol–water partition coefficient (Wildman–Crippen LogP) is 7.48. The number of carbonyl (C=O) groups excluding carboxylic acids is 2. The normalized spacial score (nSPS) is 13.5. The molecule has 0 saturated heterocycles. The number of ketones is 2. The second-order valence-electron chi connectivity index (χ2n) is 7.82. The maximum atomic E-state index is 11.8. The highest BCUT2D eigenvalue weighted by molar-refractivity contribution is 8.00. The Balaban J connectivity index is 3.42. The molecule has 0 aromatic heterocycles. The van der Waals surface area contributed by atoms with Crippen molar-refractivity contribution < 1.29 is 9.59 Å².